The summed E-state index contributed by atoms with van der Waals surface area (Å²) in [5.41, 5.74) is 8.40. The maximum atomic E-state index is 6.45. The number of aromatic nitrogens is 3. The lowest BCUT2D eigenvalue weighted by molar-refractivity contribution is 0.325. The van der Waals surface area contributed by atoms with E-state index in [1.54, 1.807) is 6.20 Å². The molecule has 0 aliphatic carbocycles. The van der Waals surface area contributed by atoms with Gasteiger partial charge in [-0.05, 0) is 38.4 Å². The fourth-order valence-corrected chi connectivity index (χ4v) is 4.43. The number of H-pyrrole nitrogens is 1. The van der Waals surface area contributed by atoms with Gasteiger partial charge in [-0.2, -0.15) is 0 Å². The Morgan fingerprint density at radius 1 is 1.17 bits per heavy atom. The van der Waals surface area contributed by atoms with E-state index in [9.17, 15) is 0 Å². The van der Waals surface area contributed by atoms with E-state index in [0.29, 0.717) is 17.0 Å². The summed E-state index contributed by atoms with van der Waals surface area (Å²) in [5.74, 6) is 0.647. The number of benzene rings is 1. The second kappa shape index (κ2) is 10.2. The standard InChI is InChI=1S/C23H31ClN6/c24-20-15-27-23(29-22(20)19-14-26-21-9-5-4-8-18(19)21)28-17-10-13-30(16-17)12-7-3-1-2-6-11-25/h4-5,8-9,14-15,17,26H,1-3,6-7,10-13,16,25H2,(H,27,28,29). The Morgan fingerprint density at radius 3 is 2.90 bits per heavy atom. The van der Waals surface area contributed by atoms with E-state index in [0.717, 1.165) is 54.6 Å². The molecule has 160 valence electrons. The van der Waals surface area contributed by atoms with Crippen LogP contribution in [0, 0.1) is 0 Å². The van der Waals surface area contributed by atoms with Crippen molar-refractivity contribution < 1.29 is 0 Å². The molecule has 0 amide bonds. The van der Waals surface area contributed by atoms with Crippen LogP contribution in [0.4, 0.5) is 5.95 Å². The number of para-hydroxylation sites is 1. The molecule has 4 rings (SSSR count). The summed E-state index contributed by atoms with van der Waals surface area (Å²) < 4.78 is 0. The molecule has 1 aromatic carbocycles. The molecule has 30 heavy (non-hydrogen) atoms. The van der Waals surface area contributed by atoms with Gasteiger partial charge in [-0.1, -0.05) is 49.1 Å². The fourth-order valence-electron chi connectivity index (χ4n) is 4.24. The lowest BCUT2D eigenvalue weighted by atomic mass is 10.1. The lowest BCUT2D eigenvalue weighted by Crippen LogP contribution is -2.27. The monoisotopic (exact) mass is 426 g/mol. The van der Waals surface area contributed by atoms with Gasteiger partial charge in [-0.15, -0.1) is 0 Å². The third kappa shape index (κ3) is 5.12. The average Bonchev–Trinajstić information content (AvgIpc) is 3.39. The number of hydrogen-bond donors (Lipinski definition) is 3. The minimum absolute atomic E-state index is 0.374. The van der Waals surface area contributed by atoms with Crippen molar-refractivity contribution in [3.05, 3.63) is 41.7 Å². The van der Waals surface area contributed by atoms with Gasteiger partial charge in [0.2, 0.25) is 5.95 Å². The van der Waals surface area contributed by atoms with Gasteiger partial charge in [0.25, 0.3) is 0 Å². The van der Waals surface area contributed by atoms with Crippen LogP contribution in [0.25, 0.3) is 22.2 Å². The maximum Gasteiger partial charge on any atom is 0.223 e. The van der Waals surface area contributed by atoms with Crippen molar-refractivity contribution in [1.29, 1.82) is 0 Å². The SMILES string of the molecule is NCCCCCCCN1CCC(Nc2ncc(Cl)c(-c3c[nH]c4ccccc34)n2)C1. The highest BCUT2D eigenvalue weighted by atomic mass is 35.5. The van der Waals surface area contributed by atoms with Gasteiger partial charge >= 0.3 is 0 Å². The first kappa shape index (κ1) is 21.1. The Kier molecular flexibility index (Phi) is 7.20. The number of hydrogen-bond acceptors (Lipinski definition) is 5. The summed E-state index contributed by atoms with van der Waals surface area (Å²) in [7, 11) is 0. The van der Waals surface area contributed by atoms with Gasteiger partial charge in [0.05, 0.1) is 16.9 Å². The van der Waals surface area contributed by atoms with Gasteiger partial charge in [0.15, 0.2) is 0 Å². The molecule has 0 saturated carbocycles. The minimum atomic E-state index is 0.374. The maximum absolute atomic E-state index is 6.45. The number of nitrogens with one attached hydrogen (secondary N) is 2. The number of nitrogens with zero attached hydrogens (tertiary/aromatic N) is 3. The Morgan fingerprint density at radius 2 is 2.00 bits per heavy atom. The topological polar surface area (TPSA) is 82.9 Å². The van der Waals surface area contributed by atoms with Crippen LogP contribution < -0.4 is 11.1 Å². The second-order valence-corrected chi connectivity index (χ2v) is 8.53. The number of likely N-dealkylation sites (tertiary alicyclic amines) is 1. The molecular weight excluding hydrogens is 396 g/mol. The molecule has 0 radical (unpaired) electrons. The highest BCUT2D eigenvalue weighted by molar-refractivity contribution is 6.33. The Bertz CT molecular complexity index is 956. The van der Waals surface area contributed by atoms with E-state index in [2.05, 4.69) is 32.3 Å². The molecule has 6 nitrogen and oxygen atoms in total. The predicted octanol–water partition coefficient (Wildman–Crippen LogP) is 4.67. The van der Waals surface area contributed by atoms with Crippen molar-refractivity contribution in [3.63, 3.8) is 0 Å². The molecule has 0 spiro atoms. The van der Waals surface area contributed by atoms with Crippen LogP contribution in [0.1, 0.15) is 38.5 Å². The molecular formula is C23H31ClN6. The van der Waals surface area contributed by atoms with Crippen LogP contribution in [0.2, 0.25) is 5.02 Å². The van der Waals surface area contributed by atoms with E-state index in [1.165, 1.54) is 32.2 Å². The van der Waals surface area contributed by atoms with Crippen molar-refractivity contribution in [1.82, 2.24) is 19.9 Å². The molecule has 1 saturated heterocycles. The highest BCUT2D eigenvalue weighted by Crippen LogP contribution is 2.32. The van der Waals surface area contributed by atoms with Gasteiger partial charge in [-0.3, -0.25) is 0 Å². The third-order valence-electron chi connectivity index (χ3n) is 5.87. The van der Waals surface area contributed by atoms with E-state index >= 15 is 0 Å². The minimum Gasteiger partial charge on any atom is -0.360 e. The van der Waals surface area contributed by atoms with Crippen molar-refractivity contribution in [3.8, 4) is 11.3 Å². The third-order valence-corrected chi connectivity index (χ3v) is 6.15. The number of anilines is 1. The number of halogens is 1. The molecule has 2 aromatic heterocycles. The molecule has 3 heterocycles. The summed E-state index contributed by atoms with van der Waals surface area (Å²) in [6.07, 6.45) is 11.0. The van der Waals surface area contributed by atoms with E-state index in [4.69, 9.17) is 22.3 Å². The Balaban J connectivity index is 1.34. The summed E-state index contributed by atoms with van der Waals surface area (Å²) in [6.45, 7) is 4.15. The van der Waals surface area contributed by atoms with Crippen LogP contribution in [0.3, 0.4) is 0 Å². The van der Waals surface area contributed by atoms with Gasteiger partial charge in [0, 0.05) is 41.8 Å². The van der Waals surface area contributed by atoms with Gasteiger partial charge in [0.1, 0.15) is 0 Å². The molecule has 0 bridgehead atoms. The quantitative estimate of drug-likeness (QED) is 0.410. The molecule has 1 atom stereocenters. The summed E-state index contributed by atoms with van der Waals surface area (Å²) in [6, 6.07) is 8.55. The predicted molar refractivity (Wildman–Crippen MR) is 125 cm³/mol. The number of fused-ring (bicyclic) bond motifs is 1. The second-order valence-electron chi connectivity index (χ2n) is 8.13. The lowest BCUT2D eigenvalue weighted by Gasteiger charge is -2.17. The first-order valence-electron chi connectivity index (χ1n) is 11.0. The van der Waals surface area contributed by atoms with Crippen molar-refractivity contribution in [2.24, 2.45) is 5.73 Å². The van der Waals surface area contributed by atoms with Crippen LogP contribution in [-0.2, 0) is 0 Å². The fraction of sp³-hybridized carbons (Fsp3) is 0.478. The summed E-state index contributed by atoms with van der Waals surface area (Å²) in [4.78, 5) is 15.0. The zero-order valence-corrected chi connectivity index (χ0v) is 18.2. The molecule has 1 aliphatic rings. The first-order chi connectivity index (χ1) is 14.7. The van der Waals surface area contributed by atoms with Crippen LogP contribution in [0.15, 0.2) is 36.7 Å². The normalized spacial score (nSPS) is 17.1. The number of rotatable bonds is 10. The van der Waals surface area contributed by atoms with E-state index < -0.39 is 0 Å². The van der Waals surface area contributed by atoms with Crippen LogP contribution in [0.5, 0.6) is 0 Å². The summed E-state index contributed by atoms with van der Waals surface area (Å²) >= 11 is 6.45. The van der Waals surface area contributed by atoms with Gasteiger partial charge in [-0.25, -0.2) is 9.97 Å². The zero-order chi connectivity index (χ0) is 20.8. The molecule has 3 aromatic rings. The number of unbranched alkanes of at least 4 members (excludes halogenated alkanes) is 4. The largest absolute Gasteiger partial charge is 0.360 e. The van der Waals surface area contributed by atoms with Gasteiger partial charge < -0.3 is 20.9 Å². The average molecular weight is 427 g/mol. The summed E-state index contributed by atoms with van der Waals surface area (Å²) in [5, 5.41) is 5.20. The Hall–Kier alpha value is -2.15. The van der Waals surface area contributed by atoms with Crippen molar-refractivity contribution >= 4 is 28.5 Å². The van der Waals surface area contributed by atoms with Crippen molar-refractivity contribution in [2.75, 3.05) is 31.5 Å². The highest BCUT2D eigenvalue weighted by Gasteiger charge is 2.23. The molecule has 1 fully saturated rings. The first-order valence-corrected chi connectivity index (χ1v) is 11.4. The molecule has 4 N–H and O–H groups in total. The molecule has 7 heteroatoms. The van der Waals surface area contributed by atoms with E-state index in [1.807, 2.05) is 18.3 Å². The Labute approximate surface area is 183 Å². The number of aromatic amines is 1. The van der Waals surface area contributed by atoms with Crippen LogP contribution >= 0.6 is 11.6 Å². The molecule has 1 aliphatic heterocycles. The number of nitrogens with two attached hydrogens (primary N) is 1. The molecule has 1 unspecified atom stereocenters. The van der Waals surface area contributed by atoms with Crippen molar-refractivity contribution in [2.45, 2.75) is 44.6 Å². The van der Waals surface area contributed by atoms with Crippen LogP contribution in [-0.4, -0.2) is 52.1 Å². The smallest absolute Gasteiger partial charge is 0.223 e. The zero-order valence-electron chi connectivity index (χ0n) is 17.4. The van der Waals surface area contributed by atoms with E-state index in [-0.39, 0.29) is 0 Å².